The predicted molar refractivity (Wildman–Crippen MR) is 91.8 cm³/mol. The molecule has 0 amide bonds. The summed E-state index contributed by atoms with van der Waals surface area (Å²) >= 11 is 3.34. The molecule has 1 aromatic rings. The second-order valence-corrected chi connectivity index (χ2v) is 9.28. The molecular weight excluding hydrogens is 364 g/mol. The van der Waals surface area contributed by atoms with Gasteiger partial charge in [-0.15, -0.1) is 0 Å². The molecule has 1 aromatic carbocycles. The van der Waals surface area contributed by atoms with Crippen molar-refractivity contribution in [2.45, 2.75) is 30.2 Å². The van der Waals surface area contributed by atoms with Gasteiger partial charge in [-0.2, -0.15) is 0 Å². The van der Waals surface area contributed by atoms with E-state index >= 15 is 0 Å². The summed E-state index contributed by atoms with van der Waals surface area (Å²) in [6, 6.07) is 7.57. The fourth-order valence-corrected chi connectivity index (χ4v) is 5.04. The Bertz CT molecular complexity index is 603. The zero-order valence-electron chi connectivity index (χ0n) is 12.7. The number of rotatable bonds is 4. The second-order valence-electron chi connectivity index (χ2n) is 6.26. The smallest absolute Gasteiger partial charge is 0.179 e. The molecule has 0 aromatic heterocycles. The van der Waals surface area contributed by atoms with Gasteiger partial charge in [-0.05, 0) is 63.2 Å². The molecule has 1 unspecified atom stereocenters. The van der Waals surface area contributed by atoms with Gasteiger partial charge in [0.1, 0.15) is 0 Å². The Morgan fingerprint density at radius 1 is 1.09 bits per heavy atom. The molecule has 0 bridgehead atoms. The lowest BCUT2D eigenvalue weighted by Gasteiger charge is -2.25. The Labute approximate surface area is 141 Å². The van der Waals surface area contributed by atoms with Crippen LogP contribution in [0.1, 0.15) is 19.3 Å². The number of sulfone groups is 1. The first-order valence-corrected chi connectivity index (χ1v) is 10.4. The van der Waals surface area contributed by atoms with E-state index in [0.717, 1.165) is 24.0 Å². The monoisotopic (exact) mass is 386 g/mol. The molecule has 3 rings (SSSR count). The molecule has 2 aliphatic heterocycles. The van der Waals surface area contributed by atoms with Gasteiger partial charge in [0.25, 0.3) is 0 Å². The van der Waals surface area contributed by atoms with Gasteiger partial charge in [0.15, 0.2) is 9.84 Å². The first-order valence-electron chi connectivity index (χ1n) is 7.99. The highest BCUT2D eigenvalue weighted by Gasteiger charge is 2.29. The van der Waals surface area contributed by atoms with E-state index in [4.69, 9.17) is 0 Å². The van der Waals surface area contributed by atoms with Crippen LogP contribution in [0, 0.1) is 0 Å². The van der Waals surface area contributed by atoms with Gasteiger partial charge in [0.2, 0.25) is 0 Å². The Balaban J connectivity index is 1.60. The predicted octanol–water partition coefficient (Wildman–Crippen LogP) is 2.39. The van der Waals surface area contributed by atoms with E-state index in [2.05, 4.69) is 25.7 Å². The number of benzene rings is 1. The summed E-state index contributed by atoms with van der Waals surface area (Å²) in [5.74, 6) is 0.210. The summed E-state index contributed by atoms with van der Waals surface area (Å²) in [7, 11) is -3.19. The van der Waals surface area contributed by atoms with Gasteiger partial charge in [0, 0.05) is 23.6 Å². The first-order chi connectivity index (χ1) is 10.5. The summed E-state index contributed by atoms with van der Waals surface area (Å²) in [5, 5.41) is 0. The lowest BCUT2D eigenvalue weighted by atomic mass is 10.2. The third-order valence-corrected chi connectivity index (χ3v) is 6.98. The standard InChI is InChI=1S/C16H23BrN2O2S/c17-14-4-6-16(7-5-14)22(20,21)12-11-18-8-2-10-19-9-1-3-15(19)13-18/h4-7,15H,1-3,8-13H2. The zero-order valence-corrected chi connectivity index (χ0v) is 15.2. The van der Waals surface area contributed by atoms with Gasteiger partial charge in [0.05, 0.1) is 10.6 Å². The van der Waals surface area contributed by atoms with Crippen molar-refractivity contribution in [2.75, 3.05) is 38.5 Å². The van der Waals surface area contributed by atoms with E-state index in [-0.39, 0.29) is 5.75 Å². The molecule has 0 radical (unpaired) electrons. The molecule has 2 heterocycles. The average Bonchev–Trinajstić information content (AvgIpc) is 2.83. The fourth-order valence-electron chi connectivity index (χ4n) is 3.50. The van der Waals surface area contributed by atoms with Crippen LogP contribution in [-0.2, 0) is 9.84 Å². The lowest BCUT2D eigenvalue weighted by Crippen LogP contribution is -2.38. The van der Waals surface area contributed by atoms with Crippen LogP contribution in [0.2, 0.25) is 0 Å². The van der Waals surface area contributed by atoms with E-state index in [1.165, 1.54) is 25.9 Å². The van der Waals surface area contributed by atoms with Crippen LogP contribution in [0.5, 0.6) is 0 Å². The quantitative estimate of drug-likeness (QED) is 0.796. The van der Waals surface area contributed by atoms with Crippen LogP contribution < -0.4 is 0 Å². The van der Waals surface area contributed by atoms with Crippen molar-refractivity contribution in [3.05, 3.63) is 28.7 Å². The van der Waals surface area contributed by atoms with Gasteiger partial charge >= 0.3 is 0 Å². The van der Waals surface area contributed by atoms with E-state index in [0.29, 0.717) is 17.5 Å². The molecule has 4 nitrogen and oxygen atoms in total. The minimum absolute atomic E-state index is 0.210. The van der Waals surface area contributed by atoms with E-state index in [9.17, 15) is 8.42 Å². The zero-order chi connectivity index (χ0) is 15.6. The van der Waals surface area contributed by atoms with Gasteiger partial charge in [-0.1, -0.05) is 15.9 Å². The van der Waals surface area contributed by atoms with E-state index in [1.807, 2.05) is 0 Å². The average molecular weight is 387 g/mol. The first kappa shape index (κ1) is 16.4. The molecule has 122 valence electrons. The highest BCUT2D eigenvalue weighted by Crippen LogP contribution is 2.22. The summed E-state index contributed by atoms with van der Waals surface area (Å²) in [6.07, 6.45) is 3.69. The highest BCUT2D eigenvalue weighted by atomic mass is 79.9. The van der Waals surface area contributed by atoms with Crippen LogP contribution in [-0.4, -0.2) is 62.7 Å². The molecule has 0 N–H and O–H groups in total. The van der Waals surface area contributed by atoms with Crippen molar-refractivity contribution in [1.82, 2.24) is 9.80 Å². The largest absolute Gasteiger partial charge is 0.301 e. The number of halogens is 1. The fraction of sp³-hybridized carbons (Fsp3) is 0.625. The van der Waals surface area contributed by atoms with Crippen molar-refractivity contribution in [2.24, 2.45) is 0 Å². The van der Waals surface area contributed by atoms with Crippen molar-refractivity contribution < 1.29 is 8.42 Å². The third-order valence-electron chi connectivity index (χ3n) is 4.74. The molecule has 0 saturated carbocycles. The van der Waals surface area contributed by atoms with Crippen molar-refractivity contribution in [3.63, 3.8) is 0 Å². The van der Waals surface area contributed by atoms with Gasteiger partial charge < -0.3 is 4.90 Å². The Morgan fingerprint density at radius 3 is 2.59 bits per heavy atom. The molecule has 0 aliphatic carbocycles. The number of nitrogens with zero attached hydrogens (tertiary/aromatic N) is 2. The molecular formula is C16H23BrN2O2S. The van der Waals surface area contributed by atoms with Crippen LogP contribution in [0.15, 0.2) is 33.6 Å². The van der Waals surface area contributed by atoms with Crippen LogP contribution in [0.4, 0.5) is 0 Å². The molecule has 0 spiro atoms. The normalized spacial score (nSPS) is 24.1. The molecule has 1 atom stereocenters. The molecule has 2 aliphatic rings. The minimum atomic E-state index is -3.19. The van der Waals surface area contributed by atoms with Crippen molar-refractivity contribution in [3.8, 4) is 0 Å². The molecule has 6 heteroatoms. The second kappa shape index (κ2) is 6.99. The van der Waals surface area contributed by atoms with Crippen LogP contribution in [0.25, 0.3) is 0 Å². The third kappa shape index (κ3) is 3.91. The number of fused-ring (bicyclic) bond motifs is 1. The van der Waals surface area contributed by atoms with E-state index < -0.39 is 9.84 Å². The lowest BCUT2D eigenvalue weighted by molar-refractivity contribution is 0.226. The van der Waals surface area contributed by atoms with Crippen molar-refractivity contribution in [1.29, 1.82) is 0 Å². The Morgan fingerprint density at radius 2 is 1.82 bits per heavy atom. The maximum atomic E-state index is 12.4. The summed E-state index contributed by atoms with van der Waals surface area (Å²) < 4.78 is 25.8. The number of hydrogen-bond donors (Lipinski definition) is 0. The van der Waals surface area contributed by atoms with Crippen molar-refractivity contribution >= 4 is 25.8 Å². The highest BCUT2D eigenvalue weighted by molar-refractivity contribution is 9.10. The topological polar surface area (TPSA) is 40.6 Å². The Kier molecular flexibility index (Phi) is 5.22. The maximum absolute atomic E-state index is 12.4. The van der Waals surface area contributed by atoms with E-state index in [1.54, 1.807) is 24.3 Å². The SMILES string of the molecule is O=S(=O)(CCN1CCCN2CCCC2C1)c1ccc(Br)cc1. The maximum Gasteiger partial charge on any atom is 0.179 e. The minimum Gasteiger partial charge on any atom is -0.301 e. The van der Waals surface area contributed by atoms with Crippen LogP contribution >= 0.6 is 15.9 Å². The molecule has 2 saturated heterocycles. The molecule has 2 fully saturated rings. The molecule has 22 heavy (non-hydrogen) atoms. The van der Waals surface area contributed by atoms with Gasteiger partial charge in [-0.25, -0.2) is 8.42 Å². The summed E-state index contributed by atoms with van der Waals surface area (Å²) in [5.41, 5.74) is 0. The number of hydrogen-bond acceptors (Lipinski definition) is 4. The summed E-state index contributed by atoms with van der Waals surface area (Å²) in [4.78, 5) is 5.34. The van der Waals surface area contributed by atoms with Gasteiger partial charge in [-0.3, -0.25) is 4.90 Å². The Hall–Kier alpha value is -0.430. The van der Waals surface area contributed by atoms with Crippen LogP contribution in [0.3, 0.4) is 0 Å². The summed E-state index contributed by atoms with van der Waals surface area (Å²) in [6.45, 7) is 5.07.